The van der Waals surface area contributed by atoms with Crippen LogP contribution in [0.25, 0.3) is 0 Å². The van der Waals surface area contributed by atoms with Gasteiger partial charge in [-0.15, -0.1) is 11.8 Å². The van der Waals surface area contributed by atoms with Crippen LogP contribution in [0.5, 0.6) is 0 Å². The average Bonchev–Trinajstić information content (AvgIpc) is 3.39. The van der Waals surface area contributed by atoms with Crippen molar-refractivity contribution in [2.24, 2.45) is 5.92 Å². The van der Waals surface area contributed by atoms with Crippen LogP contribution in [0, 0.1) is 5.92 Å². The topological polar surface area (TPSA) is 54.0 Å². The van der Waals surface area contributed by atoms with Crippen molar-refractivity contribution in [1.82, 2.24) is 10.3 Å². The Labute approximate surface area is 141 Å². The Morgan fingerprint density at radius 3 is 2.74 bits per heavy atom. The van der Waals surface area contributed by atoms with Gasteiger partial charge in [0.2, 0.25) is 5.91 Å². The highest BCUT2D eigenvalue weighted by Crippen LogP contribution is 2.27. The number of pyridine rings is 1. The summed E-state index contributed by atoms with van der Waals surface area (Å²) >= 11 is 1.76. The molecule has 120 valence electrons. The lowest BCUT2D eigenvalue weighted by Crippen LogP contribution is -2.29. The fourth-order valence-corrected chi connectivity index (χ4v) is 3.03. The summed E-state index contributed by atoms with van der Waals surface area (Å²) in [4.78, 5) is 17.1. The molecule has 0 aliphatic heterocycles. The van der Waals surface area contributed by atoms with Gasteiger partial charge in [0, 0.05) is 28.7 Å². The minimum Gasteiger partial charge on any atom is -0.325 e. The molecular formula is C18H21N3OS. The van der Waals surface area contributed by atoms with Crippen LogP contribution in [0.2, 0.25) is 0 Å². The summed E-state index contributed by atoms with van der Waals surface area (Å²) in [5.74, 6) is 1.70. The van der Waals surface area contributed by atoms with E-state index < -0.39 is 0 Å². The average molecular weight is 327 g/mol. The molecular weight excluding hydrogens is 306 g/mol. The molecule has 1 saturated carbocycles. The molecule has 0 unspecified atom stereocenters. The van der Waals surface area contributed by atoms with Crippen LogP contribution in [0.1, 0.15) is 18.4 Å². The molecule has 1 heterocycles. The first-order chi connectivity index (χ1) is 11.3. The van der Waals surface area contributed by atoms with E-state index in [4.69, 9.17) is 0 Å². The molecule has 1 aromatic heterocycles. The van der Waals surface area contributed by atoms with Gasteiger partial charge in [-0.2, -0.15) is 0 Å². The van der Waals surface area contributed by atoms with E-state index in [0.29, 0.717) is 6.54 Å². The molecule has 3 rings (SSSR count). The first-order valence-electron chi connectivity index (χ1n) is 7.92. The number of anilines is 1. The van der Waals surface area contributed by atoms with Gasteiger partial charge in [0.25, 0.3) is 0 Å². The van der Waals surface area contributed by atoms with Crippen LogP contribution in [0.15, 0.2) is 53.7 Å². The van der Waals surface area contributed by atoms with Gasteiger partial charge in [-0.3, -0.25) is 9.78 Å². The second kappa shape index (κ2) is 8.13. The van der Waals surface area contributed by atoms with E-state index in [2.05, 4.69) is 21.7 Å². The van der Waals surface area contributed by atoms with E-state index >= 15 is 0 Å². The number of aromatic nitrogens is 1. The second-order valence-corrected chi connectivity index (χ2v) is 6.85. The van der Waals surface area contributed by atoms with Crippen molar-refractivity contribution >= 4 is 23.4 Å². The molecule has 0 bridgehead atoms. The van der Waals surface area contributed by atoms with Crippen molar-refractivity contribution in [3.63, 3.8) is 0 Å². The molecule has 0 saturated heterocycles. The highest BCUT2D eigenvalue weighted by atomic mass is 32.2. The lowest BCUT2D eigenvalue weighted by Gasteiger charge is -2.07. The zero-order valence-corrected chi connectivity index (χ0v) is 13.8. The Kier molecular flexibility index (Phi) is 5.66. The number of nitrogens with one attached hydrogen (secondary N) is 2. The summed E-state index contributed by atoms with van der Waals surface area (Å²) in [5.41, 5.74) is 2.05. The number of carbonyl (C=O) groups excluding carboxylic acids is 1. The lowest BCUT2D eigenvalue weighted by molar-refractivity contribution is -0.115. The van der Waals surface area contributed by atoms with Gasteiger partial charge in [-0.05, 0) is 61.2 Å². The summed E-state index contributed by atoms with van der Waals surface area (Å²) in [6.45, 7) is 1.34. The molecule has 2 aromatic rings. The monoisotopic (exact) mass is 327 g/mol. The zero-order valence-electron chi connectivity index (χ0n) is 13.0. The van der Waals surface area contributed by atoms with Crippen LogP contribution in [-0.4, -0.2) is 24.0 Å². The Bertz CT molecular complexity index is 626. The molecule has 23 heavy (non-hydrogen) atoms. The third-order valence-corrected chi connectivity index (χ3v) is 4.77. The maximum absolute atomic E-state index is 11.8. The van der Waals surface area contributed by atoms with Gasteiger partial charge in [0.15, 0.2) is 0 Å². The van der Waals surface area contributed by atoms with Crippen LogP contribution < -0.4 is 10.6 Å². The molecule has 5 heteroatoms. The largest absolute Gasteiger partial charge is 0.325 e. The maximum Gasteiger partial charge on any atom is 0.238 e. The molecule has 4 nitrogen and oxygen atoms in total. The zero-order chi connectivity index (χ0) is 15.9. The van der Waals surface area contributed by atoms with Gasteiger partial charge in [0.1, 0.15) is 0 Å². The van der Waals surface area contributed by atoms with Gasteiger partial charge in [-0.25, -0.2) is 0 Å². The number of carbonyl (C=O) groups is 1. The number of thioether (sulfide) groups is 1. The summed E-state index contributed by atoms with van der Waals surface area (Å²) in [6, 6.07) is 12.0. The smallest absolute Gasteiger partial charge is 0.238 e. The number of benzene rings is 1. The number of amides is 1. The van der Waals surface area contributed by atoms with Gasteiger partial charge in [-0.1, -0.05) is 6.07 Å². The van der Waals surface area contributed by atoms with E-state index in [1.54, 1.807) is 18.0 Å². The van der Waals surface area contributed by atoms with E-state index in [1.807, 2.05) is 36.5 Å². The first-order valence-corrected chi connectivity index (χ1v) is 8.90. The van der Waals surface area contributed by atoms with E-state index in [1.165, 1.54) is 23.3 Å². The molecule has 1 aromatic carbocycles. The van der Waals surface area contributed by atoms with Crippen LogP contribution >= 0.6 is 11.8 Å². The normalized spacial score (nSPS) is 13.7. The summed E-state index contributed by atoms with van der Waals surface area (Å²) in [6.07, 6.45) is 6.26. The molecule has 0 spiro atoms. The third kappa shape index (κ3) is 5.69. The number of hydrogen-bond donors (Lipinski definition) is 2. The minimum absolute atomic E-state index is 0.0152. The van der Waals surface area contributed by atoms with Crippen molar-refractivity contribution in [3.05, 3.63) is 54.4 Å². The molecule has 1 amide bonds. The Morgan fingerprint density at radius 1 is 1.22 bits per heavy atom. The van der Waals surface area contributed by atoms with Crippen molar-refractivity contribution < 1.29 is 4.79 Å². The Hall–Kier alpha value is -1.85. The summed E-state index contributed by atoms with van der Waals surface area (Å²) in [7, 11) is 0. The minimum atomic E-state index is 0.0152. The number of hydrogen-bond acceptors (Lipinski definition) is 4. The Balaban J connectivity index is 1.41. The van der Waals surface area contributed by atoms with Gasteiger partial charge >= 0.3 is 0 Å². The van der Waals surface area contributed by atoms with Crippen molar-refractivity contribution in [2.45, 2.75) is 23.5 Å². The van der Waals surface area contributed by atoms with Crippen LogP contribution in [0.4, 0.5) is 5.69 Å². The Morgan fingerprint density at radius 2 is 2.04 bits per heavy atom. The van der Waals surface area contributed by atoms with Crippen molar-refractivity contribution in [3.8, 4) is 0 Å². The van der Waals surface area contributed by atoms with Crippen LogP contribution in [-0.2, 0) is 10.5 Å². The number of nitrogens with zero attached hydrogens (tertiary/aromatic N) is 1. The standard InChI is InChI=1S/C18H21N3OS/c22-18(12-20-10-14-3-4-14)21-16-5-7-17(8-6-16)23-13-15-2-1-9-19-11-15/h1-2,5-9,11,14,20H,3-4,10,12-13H2,(H,21,22). The first kappa shape index (κ1) is 16.0. The summed E-state index contributed by atoms with van der Waals surface area (Å²) < 4.78 is 0. The number of rotatable bonds is 8. The highest BCUT2D eigenvalue weighted by molar-refractivity contribution is 7.98. The predicted molar refractivity (Wildman–Crippen MR) is 94.5 cm³/mol. The fraction of sp³-hybridized carbons (Fsp3) is 0.333. The summed E-state index contributed by atoms with van der Waals surface area (Å²) in [5, 5.41) is 6.11. The molecule has 2 N–H and O–H groups in total. The van der Waals surface area contributed by atoms with Crippen molar-refractivity contribution in [2.75, 3.05) is 18.4 Å². The third-order valence-electron chi connectivity index (χ3n) is 3.68. The van der Waals surface area contributed by atoms with Gasteiger partial charge in [0.05, 0.1) is 6.54 Å². The lowest BCUT2D eigenvalue weighted by atomic mass is 10.3. The predicted octanol–water partition coefficient (Wildman–Crippen LogP) is 3.31. The maximum atomic E-state index is 11.8. The van der Waals surface area contributed by atoms with E-state index in [9.17, 15) is 4.79 Å². The SMILES string of the molecule is O=C(CNCC1CC1)Nc1ccc(SCc2cccnc2)cc1. The van der Waals surface area contributed by atoms with Gasteiger partial charge < -0.3 is 10.6 Å². The highest BCUT2D eigenvalue weighted by Gasteiger charge is 2.20. The van der Waals surface area contributed by atoms with Crippen LogP contribution in [0.3, 0.4) is 0 Å². The quantitative estimate of drug-likeness (QED) is 0.730. The molecule has 1 aliphatic rings. The molecule has 0 atom stereocenters. The second-order valence-electron chi connectivity index (χ2n) is 5.80. The molecule has 0 radical (unpaired) electrons. The molecule has 1 aliphatic carbocycles. The molecule has 1 fully saturated rings. The van der Waals surface area contributed by atoms with E-state index in [0.717, 1.165) is 23.9 Å². The van der Waals surface area contributed by atoms with Crippen molar-refractivity contribution in [1.29, 1.82) is 0 Å². The van der Waals surface area contributed by atoms with E-state index in [-0.39, 0.29) is 5.91 Å². The fourth-order valence-electron chi connectivity index (χ4n) is 2.20.